The molecule has 2 aromatic rings. The number of rotatable bonds is 5. The minimum atomic E-state index is -3.48. The SMILES string of the molecule is C[C@H]1c2ccsc2CC[NH+]1CC(=O)Nc1cccc(S(=O)(=O)N2CCCC2)c1. The maximum absolute atomic E-state index is 12.7. The van der Waals surface area contributed by atoms with E-state index in [0.717, 1.165) is 25.8 Å². The topological polar surface area (TPSA) is 70.9 Å². The van der Waals surface area contributed by atoms with Crippen molar-refractivity contribution >= 4 is 33.0 Å². The lowest BCUT2D eigenvalue weighted by molar-refractivity contribution is -0.923. The molecule has 0 radical (unpaired) electrons. The van der Waals surface area contributed by atoms with Crippen LogP contribution in [-0.4, -0.2) is 44.8 Å². The Morgan fingerprint density at radius 1 is 1.29 bits per heavy atom. The van der Waals surface area contributed by atoms with Crippen LogP contribution < -0.4 is 10.2 Å². The van der Waals surface area contributed by atoms with Crippen molar-refractivity contribution in [1.29, 1.82) is 0 Å². The highest BCUT2D eigenvalue weighted by atomic mass is 32.2. The molecule has 1 fully saturated rings. The zero-order valence-corrected chi connectivity index (χ0v) is 17.6. The number of hydrogen-bond donors (Lipinski definition) is 2. The molecule has 2 aliphatic heterocycles. The first-order valence-corrected chi connectivity index (χ1v) is 12.1. The van der Waals surface area contributed by atoms with E-state index < -0.39 is 10.0 Å². The van der Waals surface area contributed by atoms with Crippen LogP contribution in [0, 0.1) is 0 Å². The molecule has 2 N–H and O–H groups in total. The molecule has 4 rings (SSSR count). The average molecular weight is 421 g/mol. The minimum absolute atomic E-state index is 0.0868. The second kappa shape index (κ2) is 7.94. The Bertz CT molecular complexity index is 965. The highest BCUT2D eigenvalue weighted by Gasteiger charge is 2.30. The number of anilines is 1. The second-order valence-electron chi connectivity index (χ2n) is 7.54. The quantitative estimate of drug-likeness (QED) is 0.773. The van der Waals surface area contributed by atoms with E-state index in [1.54, 1.807) is 35.6 Å². The highest BCUT2D eigenvalue weighted by Crippen LogP contribution is 2.25. The van der Waals surface area contributed by atoms with Gasteiger partial charge in [-0.3, -0.25) is 4.79 Å². The number of carbonyl (C=O) groups excluding carboxylic acids is 1. The predicted molar refractivity (Wildman–Crippen MR) is 110 cm³/mol. The number of fused-ring (bicyclic) bond motifs is 1. The molecule has 0 saturated carbocycles. The lowest BCUT2D eigenvalue weighted by Crippen LogP contribution is -3.14. The van der Waals surface area contributed by atoms with Crippen molar-refractivity contribution in [3.63, 3.8) is 0 Å². The summed E-state index contributed by atoms with van der Waals surface area (Å²) in [5.41, 5.74) is 1.88. The molecule has 1 aromatic carbocycles. The van der Waals surface area contributed by atoms with Gasteiger partial charge in [0.2, 0.25) is 10.0 Å². The van der Waals surface area contributed by atoms with E-state index in [2.05, 4.69) is 23.7 Å². The van der Waals surface area contributed by atoms with E-state index in [9.17, 15) is 13.2 Å². The Hall–Kier alpha value is -1.74. The summed E-state index contributed by atoms with van der Waals surface area (Å²) in [6.45, 7) is 4.61. The van der Waals surface area contributed by atoms with Gasteiger partial charge < -0.3 is 10.2 Å². The summed E-state index contributed by atoms with van der Waals surface area (Å²) in [6.07, 6.45) is 2.81. The maximum Gasteiger partial charge on any atom is 0.279 e. The number of benzene rings is 1. The molecule has 28 heavy (non-hydrogen) atoms. The maximum atomic E-state index is 12.7. The van der Waals surface area contributed by atoms with E-state index in [-0.39, 0.29) is 10.8 Å². The molecule has 2 atom stereocenters. The molecule has 0 spiro atoms. The van der Waals surface area contributed by atoms with Gasteiger partial charge in [0.15, 0.2) is 6.54 Å². The standard InChI is InChI=1S/C20H25N3O3S2/c1-15-18-8-12-27-19(18)7-11-22(15)14-20(24)21-16-5-4-6-17(13-16)28(25,26)23-9-2-3-10-23/h4-6,8,12-13,15H,2-3,7,9-11,14H2,1H3,(H,21,24)/p+1/t15-/m0/s1. The molecular weight excluding hydrogens is 394 g/mol. The van der Waals surface area contributed by atoms with Crippen LogP contribution in [0.5, 0.6) is 0 Å². The summed E-state index contributed by atoms with van der Waals surface area (Å²) in [6, 6.07) is 9.05. The summed E-state index contributed by atoms with van der Waals surface area (Å²) in [5, 5.41) is 5.01. The largest absolute Gasteiger partial charge is 0.321 e. The van der Waals surface area contributed by atoms with Crippen LogP contribution in [0.3, 0.4) is 0 Å². The number of nitrogens with zero attached hydrogens (tertiary/aromatic N) is 1. The van der Waals surface area contributed by atoms with Crippen molar-refractivity contribution in [2.75, 3.05) is 31.5 Å². The normalized spacial score (nSPS) is 22.8. The van der Waals surface area contributed by atoms with Gasteiger partial charge in [0.1, 0.15) is 6.04 Å². The minimum Gasteiger partial charge on any atom is -0.321 e. The lowest BCUT2D eigenvalue weighted by atomic mass is 10.0. The third-order valence-electron chi connectivity index (χ3n) is 5.74. The number of nitrogens with one attached hydrogen (secondary N) is 2. The van der Waals surface area contributed by atoms with Crippen LogP contribution in [-0.2, 0) is 21.2 Å². The molecule has 1 aromatic heterocycles. The number of thiophene rings is 1. The number of sulfonamides is 1. The summed E-state index contributed by atoms with van der Waals surface area (Å²) in [4.78, 5) is 15.5. The molecule has 1 saturated heterocycles. The van der Waals surface area contributed by atoms with Crippen LogP contribution in [0.4, 0.5) is 5.69 Å². The third-order valence-corrected chi connectivity index (χ3v) is 8.63. The van der Waals surface area contributed by atoms with E-state index in [1.807, 2.05) is 0 Å². The number of quaternary nitrogens is 1. The fraction of sp³-hybridized carbons (Fsp3) is 0.450. The van der Waals surface area contributed by atoms with Crippen LogP contribution in [0.25, 0.3) is 0 Å². The van der Waals surface area contributed by atoms with Gasteiger partial charge in [0.05, 0.1) is 11.4 Å². The van der Waals surface area contributed by atoms with Crippen LogP contribution in [0.2, 0.25) is 0 Å². The molecule has 2 aliphatic rings. The van der Waals surface area contributed by atoms with Gasteiger partial charge in [-0.15, -0.1) is 11.3 Å². The highest BCUT2D eigenvalue weighted by molar-refractivity contribution is 7.89. The molecule has 8 heteroatoms. The summed E-state index contributed by atoms with van der Waals surface area (Å²) >= 11 is 1.79. The van der Waals surface area contributed by atoms with Gasteiger partial charge in [-0.25, -0.2) is 8.42 Å². The van der Waals surface area contributed by atoms with E-state index in [4.69, 9.17) is 0 Å². The number of amides is 1. The molecule has 1 unspecified atom stereocenters. The van der Waals surface area contributed by atoms with Gasteiger partial charge in [-0.2, -0.15) is 4.31 Å². The first-order chi connectivity index (χ1) is 13.4. The first kappa shape index (κ1) is 19.6. The van der Waals surface area contributed by atoms with Crippen LogP contribution in [0.15, 0.2) is 40.6 Å². The Morgan fingerprint density at radius 3 is 2.86 bits per heavy atom. The predicted octanol–water partition coefficient (Wildman–Crippen LogP) is 1.67. The Kier molecular flexibility index (Phi) is 5.55. The van der Waals surface area contributed by atoms with Gasteiger partial charge in [-0.05, 0) is 49.4 Å². The van der Waals surface area contributed by atoms with E-state index in [1.165, 1.54) is 19.6 Å². The molecular formula is C20H26N3O3S2+. The van der Waals surface area contributed by atoms with E-state index in [0.29, 0.717) is 31.4 Å². The molecule has 3 heterocycles. The van der Waals surface area contributed by atoms with Crippen molar-refractivity contribution in [3.05, 3.63) is 46.2 Å². The van der Waals surface area contributed by atoms with Gasteiger partial charge in [-0.1, -0.05) is 6.07 Å². The smallest absolute Gasteiger partial charge is 0.279 e. The number of hydrogen-bond acceptors (Lipinski definition) is 4. The summed E-state index contributed by atoms with van der Waals surface area (Å²) in [5.74, 6) is -0.0868. The Labute approximate surface area is 170 Å². The zero-order chi connectivity index (χ0) is 19.7. The summed E-state index contributed by atoms with van der Waals surface area (Å²) in [7, 11) is -3.48. The molecule has 0 bridgehead atoms. The van der Waals surface area contributed by atoms with Crippen molar-refractivity contribution in [3.8, 4) is 0 Å². The molecule has 6 nitrogen and oxygen atoms in total. The van der Waals surface area contributed by atoms with Crippen molar-refractivity contribution in [2.45, 2.75) is 37.1 Å². The average Bonchev–Trinajstić information content (AvgIpc) is 3.36. The molecule has 1 amide bonds. The fourth-order valence-corrected chi connectivity index (χ4v) is 6.66. The zero-order valence-electron chi connectivity index (χ0n) is 16.0. The molecule has 0 aliphatic carbocycles. The van der Waals surface area contributed by atoms with Crippen LogP contribution >= 0.6 is 11.3 Å². The lowest BCUT2D eigenvalue weighted by Gasteiger charge is -2.29. The van der Waals surface area contributed by atoms with Gasteiger partial charge in [0, 0.05) is 35.6 Å². The Balaban J connectivity index is 1.43. The fourth-order valence-electron chi connectivity index (χ4n) is 4.11. The second-order valence-corrected chi connectivity index (χ2v) is 10.5. The van der Waals surface area contributed by atoms with Crippen molar-refractivity contribution in [1.82, 2.24) is 4.31 Å². The van der Waals surface area contributed by atoms with Crippen LogP contribution in [0.1, 0.15) is 36.2 Å². The Morgan fingerprint density at radius 2 is 2.07 bits per heavy atom. The van der Waals surface area contributed by atoms with Gasteiger partial charge in [0.25, 0.3) is 5.91 Å². The van der Waals surface area contributed by atoms with E-state index >= 15 is 0 Å². The van der Waals surface area contributed by atoms with Gasteiger partial charge >= 0.3 is 0 Å². The first-order valence-electron chi connectivity index (χ1n) is 9.76. The summed E-state index contributed by atoms with van der Waals surface area (Å²) < 4.78 is 27.0. The van der Waals surface area contributed by atoms with Crippen molar-refractivity contribution < 1.29 is 18.1 Å². The number of carbonyl (C=O) groups is 1. The third kappa shape index (κ3) is 3.87. The van der Waals surface area contributed by atoms with Crippen molar-refractivity contribution in [2.24, 2.45) is 0 Å². The molecule has 150 valence electrons. The monoisotopic (exact) mass is 420 g/mol.